The van der Waals surface area contributed by atoms with E-state index in [0.29, 0.717) is 25.0 Å². The molecule has 0 spiro atoms. The van der Waals surface area contributed by atoms with Gasteiger partial charge in [0, 0.05) is 18.5 Å². The summed E-state index contributed by atoms with van der Waals surface area (Å²) < 4.78 is 4.74. The van der Waals surface area contributed by atoms with Crippen LogP contribution in [0.3, 0.4) is 0 Å². The number of aromatic nitrogens is 1. The summed E-state index contributed by atoms with van der Waals surface area (Å²) in [6.07, 6.45) is 5.85. The first-order chi connectivity index (χ1) is 12.5. The Morgan fingerprint density at radius 2 is 1.92 bits per heavy atom. The highest BCUT2D eigenvalue weighted by molar-refractivity contribution is 5.80. The number of hydrogen-bond acceptors (Lipinski definition) is 4. The van der Waals surface area contributed by atoms with Crippen molar-refractivity contribution >= 4 is 18.5 Å². The molecule has 1 N–H and O–H groups in total. The van der Waals surface area contributed by atoms with Crippen LogP contribution >= 0.6 is 0 Å². The summed E-state index contributed by atoms with van der Waals surface area (Å²) in [7, 11) is 1.37. The van der Waals surface area contributed by atoms with Crippen LogP contribution < -0.4 is 0 Å². The first-order valence-electron chi connectivity index (χ1n) is 9.05. The number of allylic oxidation sites excluding steroid dienone is 4. The number of carbonyl (C=O) groups is 3. The maximum Gasteiger partial charge on any atom is 0.305 e. The lowest BCUT2D eigenvalue weighted by Gasteiger charge is -2.10. The second-order valence-corrected chi connectivity index (χ2v) is 6.77. The van der Waals surface area contributed by atoms with Gasteiger partial charge in [-0.05, 0) is 61.0 Å². The Bertz CT molecular complexity index is 780. The lowest BCUT2D eigenvalue weighted by Crippen LogP contribution is -2.04. The Hall–Kier alpha value is -2.43. The summed E-state index contributed by atoms with van der Waals surface area (Å²) in [4.78, 5) is 37.5. The summed E-state index contributed by atoms with van der Waals surface area (Å²) in [6.45, 7) is 6.03. The molecule has 0 bridgehead atoms. The van der Waals surface area contributed by atoms with Crippen LogP contribution in [0.5, 0.6) is 0 Å². The molecule has 5 heteroatoms. The topological polar surface area (TPSA) is 76.2 Å². The predicted octanol–water partition coefficient (Wildman–Crippen LogP) is 3.80. The van der Waals surface area contributed by atoms with Crippen molar-refractivity contribution < 1.29 is 19.1 Å². The third kappa shape index (κ3) is 4.03. The van der Waals surface area contributed by atoms with E-state index in [-0.39, 0.29) is 12.4 Å². The third-order valence-electron chi connectivity index (χ3n) is 5.23. The molecule has 140 valence electrons. The fourth-order valence-corrected chi connectivity index (χ4v) is 3.71. The summed E-state index contributed by atoms with van der Waals surface area (Å²) in [5.74, 6) is -0.267. The number of ether oxygens (including phenoxy) is 1. The van der Waals surface area contributed by atoms with Crippen LogP contribution in [0.4, 0.5) is 0 Å². The summed E-state index contributed by atoms with van der Waals surface area (Å²) in [6, 6.07) is 0. The van der Waals surface area contributed by atoms with Crippen molar-refractivity contribution in [1.29, 1.82) is 0 Å². The molecular weight excluding hydrogens is 330 g/mol. The average molecular weight is 357 g/mol. The van der Waals surface area contributed by atoms with E-state index < -0.39 is 0 Å². The van der Waals surface area contributed by atoms with E-state index in [2.05, 4.69) is 11.9 Å². The fraction of sp³-hybridized carbons (Fsp3) is 0.476. The lowest BCUT2D eigenvalue weighted by molar-refractivity contribution is -0.140. The summed E-state index contributed by atoms with van der Waals surface area (Å²) in [5, 5.41) is 0. The van der Waals surface area contributed by atoms with E-state index in [0.717, 1.165) is 53.4 Å². The quantitative estimate of drug-likeness (QED) is 0.539. The number of esters is 1. The minimum atomic E-state index is -0.267. The van der Waals surface area contributed by atoms with Gasteiger partial charge in [-0.25, -0.2) is 0 Å². The van der Waals surface area contributed by atoms with Crippen LogP contribution in [0.25, 0.3) is 0 Å². The molecule has 0 unspecified atom stereocenters. The lowest BCUT2D eigenvalue weighted by atomic mass is 9.96. The minimum Gasteiger partial charge on any atom is -0.469 e. The van der Waals surface area contributed by atoms with Gasteiger partial charge in [-0.15, -0.1) is 0 Å². The van der Waals surface area contributed by atoms with E-state index in [4.69, 9.17) is 4.74 Å². The van der Waals surface area contributed by atoms with Crippen molar-refractivity contribution in [2.45, 2.75) is 59.3 Å². The minimum absolute atomic E-state index is 0.267. The Kier molecular flexibility index (Phi) is 6.72. The standard InChI is InChI=1S/C21H27NO4/c1-5-6-17-13(2)16(11-23)9-15(17)10-19-18(7-8-21(25)26-4)14(3)20(12-24)22-19/h11-12,22H,5-10H2,1-4H3. The smallest absolute Gasteiger partial charge is 0.305 e. The second kappa shape index (κ2) is 8.79. The molecule has 1 aromatic rings. The molecule has 5 nitrogen and oxygen atoms in total. The first-order valence-corrected chi connectivity index (χ1v) is 9.05. The molecule has 0 radical (unpaired) electrons. The molecule has 0 aromatic carbocycles. The summed E-state index contributed by atoms with van der Waals surface area (Å²) in [5.41, 5.74) is 7.81. The first kappa shape index (κ1) is 19.9. The van der Waals surface area contributed by atoms with Gasteiger partial charge >= 0.3 is 5.97 Å². The molecule has 2 rings (SSSR count). The van der Waals surface area contributed by atoms with Crippen LogP contribution in [0.1, 0.15) is 66.8 Å². The number of aldehydes is 2. The van der Waals surface area contributed by atoms with Crippen LogP contribution in [0.2, 0.25) is 0 Å². The maximum absolute atomic E-state index is 11.5. The largest absolute Gasteiger partial charge is 0.469 e. The van der Waals surface area contributed by atoms with Gasteiger partial charge in [0.25, 0.3) is 0 Å². The number of nitrogens with one attached hydrogen (secondary N) is 1. The number of rotatable bonds is 9. The van der Waals surface area contributed by atoms with Crippen molar-refractivity contribution in [1.82, 2.24) is 4.98 Å². The highest BCUT2D eigenvalue weighted by atomic mass is 16.5. The number of methoxy groups -OCH3 is 1. The molecule has 1 aliphatic rings. The Labute approximate surface area is 154 Å². The normalized spacial score (nSPS) is 14.2. The van der Waals surface area contributed by atoms with Gasteiger partial charge in [-0.1, -0.05) is 18.9 Å². The molecule has 0 aliphatic heterocycles. The number of H-pyrrole nitrogens is 1. The zero-order valence-corrected chi connectivity index (χ0v) is 16.0. The highest BCUT2D eigenvalue weighted by Gasteiger charge is 2.23. The summed E-state index contributed by atoms with van der Waals surface area (Å²) >= 11 is 0. The predicted molar refractivity (Wildman–Crippen MR) is 100 cm³/mol. The van der Waals surface area contributed by atoms with Crippen molar-refractivity contribution in [3.8, 4) is 0 Å². The Morgan fingerprint density at radius 1 is 1.19 bits per heavy atom. The van der Waals surface area contributed by atoms with Crippen LogP contribution in [0.15, 0.2) is 22.3 Å². The molecule has 1 aliphatic carbocycles. The van der Waals surface area contributed by atoms with Gasteiger partial charge in [0.1, 0.15) is 6.29 Å². The monoisotopic (exact) mass is 357 g/mol. The molecule has 1 heterocycles. The van der Waals surface area contributed by atoms with Crippen molar-refractivity contribution in [2.24, 2.45) is 0 Å². The van der Waals surface area contributed by atoms with Gasteiger partial charge < -0.3 is 9.72 Å². The van der Waals surface area contributed by atoms with Gasteiger partial charge in [0.15, 0.2) is 6.29 Å². The fourth-order valence-electron chi connectivity index (χ4n) is 3.71. The van der Waals surface area contributed by atoms with Gasteiger partial charge in [0.2, 0.25) is 0 Å². The molecule has 0 amide bonds. The molecule has 26 heavy (non-hydrogen) atoms. The van der Waals surface area contributed by atoms with E-state index >= 15 is 0 Å². The highest BCUT2D eigenvalue weighted by Crippen LogP contribution is 2.36. The van der Waals surface area contributed by atoms with Gasteiger partial charge in [0.05, 0.1) is 12.8 Å². The van der Waals surface area contributed by atoms with Crippen molar-refractivity contribution in [3.63, 3.8) is 0 Å². The van der Waals surface area contributed by atoms with E-state index in [1.165, 1.54) is 18.3 Å². The molecule has 1 aromatic heterocycles. The van der Waals surface area contributed by atoms with Crippen molar-refractivity contribution in [3.05, 3.63) is 44.8 Å². The van der Waals surface area contributed by atoms with Crippen LogP contribution in [0, 0.1) is 6.92 Å². The number of hydrogen-bond donors (Lipinski definition) is 1. The third-order valence-corrected chi connectivity index (χ3v) is 5.23. The Balaban J connectivity index is 2.34. The second-order valence-electron chi connectivity index (χ2n) is 6.77. The Morgan fingerprint density at radius 3 is 2.50 bits per heavy atom. The number of carbonyl (C=O) groups excluding carboxylic acids is 3. The zero-order chi connectivity index (χ0) is 19.3. The molecule has 0 saturated carbocycles. The van der Waals surface area contributed by atoms with Crippen LogP contribution in [-0.4, -0.2) is 30.6 Å². The average Bonchev–Trinajstić information content (AvgIpc) is 3.10. The maximum atomic E-state index is 11.5. The zero-order valence-electron chi connectivity index (χ0n) is 16.0. The van der Waals surface area contributed by atoms with Gasteiger partial charge in [-0.3, -0.25) is 14.4 Å². The van der Waals surface area contributed by atoms with Crippen molar-refractivity contribution in [2.75, 3.05) is 7.11 Å². The molecule has 0 saturated heterocycles. The SMILES string of the molecule is CCCC1=C(Cc2[nH]c(C=O)c(C)c2CCC(=O)OC)CC(C=O)=C1C. The van der Waals surface area contributed by atoms with Crippen LogP contribution in [-0.2, 0) is 27.2 Å². The van der Waals surface area contributed by atoms with E-state index in [9.17, 15) is 14.4 Å². The van der Waals surface area contributed by atoms with E-state index in [1.807, 2.05) is 13.8 Å². The number of aromatic amines is 1. The molecular formula is C21H27NO4. The molecule has 0 atom stereocenters. The van der Waals surface area contributed by atoms with Gasteiger partial charge in [-0.2, -0.15) is 0 Å². The molecule has 0 fully saturated rings. The van der Waals surface area contributed by atoms with E-state index in [1.54, 1.807) is 0 Å².